The third-order valence-electron chi connectivity index (χ3n) is 3.73. The second-order valence-electron chi connectivity index (χ2n) is 5.37. The standard InChI is InChI=1S/C16H19N3O2/c1-11-9-15(19-21-11)18-16(20)10-17-14-8-4-6-12-5-2-3-7-13(12)14/h4,6,8-9,17H,2-3,5,7,10H2,1H3,(H,18,19,20). The minimum Gasteiger partial charge on any atom is -0.376 e. The van der Waals surface area contributed by atoms with Crippen LogP contribution in [0.4, 0.5) is 11.5 Å². The van der Waals surface area contributed by atoms with Crippen molar-refractivity contribution < 1.29 is 9.32 Å². The molecule has 1 amide bonds. The van der Waals surface area contributed by atoms with Crippen molar-refractivity contribution in [2.24, 2.45) is 0 Å². The molecule has 0 bridgehead atoms. The number of amides is 1. The predicted molar refractivity (Wildman–Crippen MR) is 81.4 cm³/mol. The Hall–Kier alpha value is -2.30. The van der Waals surface area contributed by atoms with E-state index in [1.54, 1.807) is 13.0 Å². The van der Waals surface area contributed by atoms with E-state index in [-0.39, 0.29) is 12.5 Å². The molecule has 110 valence electrons. The summed E-state index contributed by atoms with van der Waals surface area (Å²) in [7, 11) is 0. The van der Waals surface area contributed by atoms with Gasteiger partial charge in [-0.2, -0.15) is 0 Å². The number of hydrogen-bond donors (Lipinski definition) is 2. The number of aromatic nitrogens is 1. The fourth-order valence-electron chi connectivity index (χ4n) is 2.73. The lowest BCUT2D eigenvalue weighted by Gasteiger charge is -2.19. The zero-order valence-corrected chi connectivity index (χ0v) is 12.1. The molecule has 0 radical (unpaired) electrons. The average Bonchev–Trinajstić information content (AvgIpc) is 2.90. The molecule has 0 saturated carbocycles. The molecule has 0 saturated heterocycles. The van der Waals surface area contributed by atoms with Crippen LogP contribution in [0.25, 0.3) is 0 Å². The maximum atomic E-state index is 11.9. The fraction of sp³-hybridized carbons (Fsp3) is 0.375. The zero-order chi connectivity index (χ0) is 14.7. The van der Waals surface area contributed by atoms with Crippen molar-refractivity contribution in [3.8, 4) is 0 Å². The lowest BCUT2D eigenvalue weighted by molar-refractivity contribution is -0.114. The highest BCUT2D eigenvalue weighted by Crippen LogP contribution is 2.27. The van der Waals surface area contributed by atoms with Gasteiger partial charge in [0.05, 0.1) is 6.54 Å². The van der Waals surface area contributed by atoms with Crippen LogP contribution in [0.2, 0.25) is 0 Å². The monoisotopic (exact) mass is 285 g/mol. The molecule has 2 N–H and O–H groups in total. The predicted octanol–water partition coefficient (Wildman–Crippen LogP) is 2.91. The summed E-state index contributed by atoms with van der Waals surface area (Å²) in [4.78, 5) is 11.9. The van der Waals surface area contributed by atoms with Crippen LogP contribution in [0.1, 0.15) is 29.7 Å². The summed E-state index contributed by atoms with van der Waals surface area (Å²) < 4.78 is 4.92. The molecule has 1 aromatic carbocycles. The van der Waals surface area contributed by atoms with Gasteiger partial charge in [-0.25, -0.2) is 0 Å². The first-order valence-corrected chi connectivity index (χ1v) is 7.30. The molecule has 1 aliphatic carbocycles. The number of nitrogens with zero attached hydrogens (tertiary/aromatic N) is 1. The molecule has 0 spiro atoms. The Morgan fingerprint density at radius 1 is 1.33 bits per heavy atom. The minimum atomic E-state index is -0.128. The largest absolute Gasteiger partial charge is 0.376 e. The Morgan fingerprint density at radius 3 is 3.00 bits per heavy atom. The molecule has 21 heavy (non-hydrogen) atoms. The van der Waals surface area contributed by atoms with E-state index in [1.807, 2.05) is 12.1 Å². The van der Waals surface area contributed by atoms with Crippen molar-refractivity contribution in [1.82, 2.24) is 5.16 Å². The van der Waals surface area contributed by atoms with Gasteiger partial charge in [-0.3, -0.25) is 4.79 Å². The molecule has 2 aromatic rings. The van der Waals surface area contributed by atoms with E-state index in [2.05, 4.69) is 21.9 Å². The van der Waals surface area contributed by atoms with Crippen molar-refractivity contribution in [1.29, 1.82) is 0 Å². The summed E-state index contributed by atoms with van der Waals surface area (Å²) in [5, 5.41) is 9.68. The van der Waals surface area contributed by atoms with E-state index in [4.69, 9.17) is 4.52 Å². The molecule has 1 heterocycles. The first-order valence-electron chi connectivity index (χ1n) is 7.30. The highest BCUT2D eigenvalue weighted by atomic mass is 16.5. The van der Waals surface area contributed by atoms with Gasteiger partial charge in [-0.1, -0.05) is 17.3 Å². The van der Waals surface area contributed by atoms with Crippen molar-refractivity contribution in [3.63, 3.8) is 0 Å². The van der Waals surface area contributed by atoms with Gasteiger partial charge < -0.3 is 15.2 Å². The number of benzene rings is 1. The summed E-state index contributed by atoms with van der Waals surface area (Å²) >= 11 is 0. The van der Waals surface area contributed by atoms with Gasteiger partial charge >= 0.3 is 0 Å². The van der Waals surface area contributed by atoms with E-state index in [9.17, 15) is 4.79 Å². The van der Waals surface area contributed by atoms with Crippen molar-refractivity contribution in [2.75, 3.05) is 17.2 Å². The first-order chi connectivity index (χ1) is 10.2. The maximum absolute atomic E-state index is 11.9. The molecule has 3 rings (SSSR count). The molecule has 0 fully saturated rings. The second kappa shape index (κ2) is 5.99. The van der Waals surface area contributed by atoms with Crippen LogP contribution < -0.4 is 10.6 Å². The van der Waals surface area contributed by atoms with E-state index in [0.29, 0.717) is 11.6 Å². The van der Waals surface area contributed by atoms with E-state index in [0.717, 1.165) is 18.5 Å². The highest BCUT2D eigenvalue weighted by Gasteiger charge is 2.13. The highest BCUT2D eigenvalue weighted by molar-refractivity contribution is 5.93. The Bertz CT molecular complexity index is 649. The molecule has 1 aromatic heterocycles. The smallest absolute Gasteiger partial charge is 0.244 e. The molecule has 0 unspecified atom stereocenters. The van der Waals surface area contributed by atoms with Gasteiger partial charge in [0.1, 0.15) is 5.76 Å². The Morgan fingerprint density at radius 2 is 2.19 bits per heavy atom. The van der Waals surface area contributed by atoms with Gasteiger partial charge in [0.25, 0.3) is 0 Å². The third kappa shape index (κ3) is 3.24. The van der Waals surface area contributed by atoms with Gasteiger partial charge in [0, 0.05) is 11.8 Å². The number of anilines is 2. The second-order valence-corrected chi connectivity index (χ2v) is 5.37. The first kappa shape index (κ1) is 13.7. The molecule has 5 heteroatoms. The molecular formula is C16H19N3O2. The Balaban J connectivity index is 1.61. The average molecular weight is 285 g/mol. The number of carbonyl (C=O) groups is 1. The summed E-state index contributed by atoms with van der Waals surface area (Å²) in [5.41, 5.74) is 3.83. The molecule has 1 aliphatic rings. The number of carbonyl (C=O) groups excluding carboxylic acids is 1. The van der Waals surface area contributed by atoms with Gasteiger partial charge in [0.2, 0.25) is 5.91 Å². The normalized spacial score (nSPS) is 13.6. The van der Waals surface area contributed by atoms with Crippen LogP contribution in [-0.2, 0) is 17.6 Å². The van der Waals surface area contributed by atoms with Crippen LogP contribution in [0.5, 0.6) is 0 Å². The SMILES string of the molecule is Cc1cc(NC(=O)CNc2cccc3c2CCCC3)no1. The van der Waals surface area contributed by atoms with Gasteiger partial charge in [0.15, 0.2) is 5.82 Å². The van der Waals surface area contributed by atoms with Gasteiger partial charge in [-0.15, -0.1) is 0 Å². The van der Waals surface area contributed by atoms with Crippen LogP contribution >= 0.6 is 0 Å². The van der Waals surface area contributed by atoms with Gasteiger partial charge in [-0.05, 0) is 49.8 Å². The van der Waals surface area contributed by atoms with Crippen LogP contribution in [0, 0.1) is 6.92 Å². The van der Waals surface area contributed by atoms with Crippen molar-refractivity contribution >= 4 is 17.4 Å². The molecular weight excluding hydrogens is 266 g/mol. The van der Waals surface area contributed by atoms with E-state index in [1.165, 1.54) is 24.0 Å². The lowest BCUT2D eigenvalue weighted by atomic mass is 9.90. The summed E-state index contributed by atoms with van der Waals surface area (Å²) in [6.07, 6.45) is 4.69. The molecule has 5 nitrogen and oxygen atoms in total. The number of hydrogen-bond acceptors (Lipinski definition) is 4. The minimum absolute atomic E-state index is 0.128. The number of fused-ring (bicyclic) bond motifs is 1. The van der Waals surface area contributed by atoms with Crippen LogP contribution in [0.3, 0.4) is 0 Å². The quantitative estimate of drug-likeness (QED) is 0.906. The topological polar surface area (TPSA) is 67.2 Å². The number of rotatable bonds is 4. The van der Waals surface area contributed by atoms with Crippen LogP contribution in [0.15, 0.2) is 28.8 Å². The van der Waals surface area contributed by atoms with Crippen molar-refractivity contribution in [2.45, 2.75) is 32.6 Å². The van der Waals surface area contributed by atoms with Crippen LogP contribution in [-0.4, -0.2) is 17.6 Å². The zero-order valence-electron chi connectivity index (χ0n) is 12.1. The summed E-state index contributed by atoms with van der Waals surface area (Å²) in [6, 6.07) is 7.96. The fourth-order valence-corrected chi connectivity index (χ4v) is 2.73. The lowest BCUT2D eigenvalue weighted by Crippen LogP contribution is -2.22. The van der Waals surface area contributed by atoms with Crippen molar-refractivity contribution in [3.05, 3.63) is 41.2 Å². The third-order valence-corrected chi connectivity index (χ3v) is 3.73. The van der Waals surface area contributed by atoms with E-state index < -0.39 is 0 Å². The number of aryl methyl sites for hydroxylation is 2. The molecule has 0 atom stereocenters. The number of nitrogens with one attached hydrogen (secondary N) is 2. The van der Waals surface area contributed by atoms with E-state index >= 15 is 0 Å². The summed E-state index contributed by atoms with van der Waals surface area (Å²) in [6.45, 7) is 2.01. The Labute approximate surface area is 123 Å². The summed E-state index contributed by atoms with van der Waals surface area (Å²) in [5.74, 6) is 1.00. The Kier molecular flexibility index (Phi) is 3.90. The molecule has 0 aliphatic heterocycles. The maximum Gasteiger partial charge on any atom is 0.244 e.